The smallest absolute Gasteiger partial charge is 0.106 e. The lowest BCUT2D eigenvalue weighted by Gasteiger charge is -2.29. The van der Waals surface area contributed by atoms with Gasteiger partial charge in [-0.05, 0) is 12.5 Å². The molecule has 17 heavy (non-hydrogen) atoms. The van der Waals surface area contributed by atoms with E-state index in [-0.39, 0.29) is 5.54 Å². The molecule has 1 heterocycles. The van der Waals surface area contributed by atoms with Crippen molar-refractivity contribution in [2.75, 3.05) is 5.88 Å². The van der Waals surface area contributed by atoms with E-state index in [0.29, 0.717) is 5.88 Å². The summed E-state index contributed by atoms with van der Waals surface area (Å²) in [6.07, 6.45) is 1.82. The lowest BCUT2D eigenvalue weighted by molar-refractivity contribution is 0.406. The van der Waals surface area contributed by atoms with E-state index >= 15 is 0 Å². The van der Waals surface area contributed by atoms with Crippen molar-refractivity contribution < 1.29 is 0 Å². The molecule has 0 fully saturated rings. The fourth-order valence-corrected chi connectivity index (χ4v) is 2.45. The molecule has 0 saturated heterocycles. The topological polar surface area (TPSA) is 24.9 Å². The van der Waals surface area contributed by atoms with E-state index in [1.165, 1.54) is 5.56 Å². The van der Waals surface area contributed by atoms with Crippen LogP contribution in [0.25, 0.3) is 0 Å². The number of nitrogens with zero attached hydrogens (tertiary/aromatic N) is 1. The lowest BCUT2D eigenvalue weighted by atomic mass is 9.94. The van der Waals surface area contributed by atoms with Crippen molar-refractivity contribution in [2.45, 2.75) is 19.0 Å². The summed E-state index contributed by atoms with van der Waals surface area (Å²) in [7, 11) is 0. The highest BCUT2D eigenvalue weighted by Gasteiger charge is 2.24. The Hall–Kier alpha value is -0.900. The Morgan fingerprint density at radius 2 is 2.12 bits per heavy atom. The third-order valence-electron chi connectivity index (χ3n) is 2.79. The average molecular weight is 267 g/mol. The molecule has 1 unspecified atom stereocenters. The maximum Gasteiger partial charge on any atom is 0.106 e. The average Bonchev–Trinajstić information content (AvgIpc) is 2.90. The zero-order valence-corrected chi connectivity index (χ0v) is 11.3. The van der Waals surface area contributed by atoms with Gasteiger partial charge in [-0.3, -0.25) is 0 Å². The molecule has 0 spiro atoms. The standard InChI is InChI=1S/C13H15ClN2S/c1-13(10-14,11-5-3-2-4-6-11)16-9-12-15-7-8-17-12/h2-8,16H,9-10H2,1H3. The number of nitrogens with one attached hydrogen (secondary N) is 1. The quantitative estimate of drug-likeness (QED) is 0.839. The highest BCUT2D eigenvalue weighted by atomic mass is 35.5. The molecule has 0 bridgehead atoms. The second-order valence-corrected chi connectivity index (χ2v) is 5.36. The molecule has 0 aliphatic heterocycles. The first-order valence-electron chi connectivity index (χ1n) is 5.49. The van der Waals surface area contributed by atoms with E-state index in [1.807, 2.05) is 29.8 Å². The molecule has 1 N–H and O–H groups in total. The number of halogens is 1. The maximum absolute atomic E-state index is 6.10. The highest BCUT2D eigenvalue weighted by Crippen LogP contribution is 2.22. The van der Waals surface area contributed by atoms with Gasteiger partial charge in [-0.25, -0.2) is 4.98 Å². The summed E-state index contributed by atoms with van der Waals surface area (Å²) in [6.45, 7) is 2.86. The van der Waals surface area contributed by atoms with Gasteiger partial charge < -0.3 is 5.32 Å². The molecule has 0 aliphatic carbocycles. The van der Waals surface area contributed by atoms with Crippen LogP contribution in [0.1, 0.15) is 17.5 Å². The molecule has 1 aromatic heterocycles. The Bertz CT molecular complexity index is 444. The lowest BCUT2D eigenvalue weighted by Crippen LogP contribution is -2.40. The summed E-state index contributed by atoms with van der Waals surface area (Å²) in [5, 5.41) is 6.54. The van der Waals surface area contributed by atoms with Crippen LogP contribution in [0.3, 0.4) is 0 Å². The number of aromatic nitrogens is 1. The van der Waals surface area contributed by atoms with Gasteiger partial charge in [0.2, 0.25) is 0 Å². The summed E-state index contributed by atoms with van der Waals surface area (Å²) in [5.74, 6) is 0.530. The Morgan fingerprint density at radius 1 is 1.35 bits per heavy atom. The van der Waals surface area contributed by atoms with Gasteiger partial charge >= 0.3 is 0 Å². The molecule has 2 nitrogen and oxygen atoms in total. The molecule has 1 atom stereocenters. The third-order valence-corrected chi connectivity index (χ3v) is 4.11. The molecule has 2 aromatic rings. The monoisotopic (exact) mass is 266 g/mol. The largest absolute Gasteiger partial charge is 0.300 e. The predicted octanol–water partition coefficient (Wildman–Crippen LogP) is 3.39. The van der Waals surface area contributed by atoms with Gasteiger partial charge in [0.05, 0.1) is 5.54 Å². The minimum Gasteiger partial charge on any atom is -0.300 e. The van der Waals surface area contributed by atoms with Crippen molar-refractivity contribution in [3.8, 4) is 0 Å². The zero-order chi connectivity index (χ0) is 12.1. The summed E-state index contributed by atoms with van der Waals surface area (Å²) < 4.78 is 0. The van der Waals surface area contributed by atoms with Crippen LogP contribution in [0.4, 0.5) is 0 Å². The highest BCUT2D eigenvalue weighted by molar-refractivity contribution is 7.09. The van der Waals surface area contributed by atoms with Gasteiger partial charge in [-0.1, -0.05) is 30.3 Å². The minimum atomic E-state index is -0.214. The van der Waals surface area contributed by atoms with Gasteiger partial charge in [0, 0.05) is 24.0 Å². The van der Waals surface area contributed by atoms with Crippen LogP contribution in [0.2, 0.25) is 0 Å². The Balaban J connectivity index is 2.09. The molecule has 1 aromatic carbocycles. The van der Waals surface area contributed by atoms with Crippen LogP contribution >= 0.6 is 22.9 Å². The Morgan fingerprint density at radius 3 is 2.71 bits per heavy atom. The number of thiazole rings is 1. The number of hydrogen-bond acceptors (Lipinski definition) is 3. The second kappa shape index (κ2) is 5.63. The third kappa shape index (κ3) is 3.06. The first kappa shape index (κ1) is 12.6. The van der Waals surface area contributed by atoms with Gasteiger partial charge in [0.15, 0.2) is 0 Å². The number of benzene rings is 1. The molecule has 2 rings (SSSR count). The van der Waals surface area contributed by atoms with E-state index in [4.69, 9.17) is 11.6 Å². The molecule has 0 saturated carbocycles. The summed E-state index contributed by atoms with van der Waals surface area (Å²) in [5.41, 5.74) is 0.987. The number of alkyl halides is 1. The molecular formula is C13H15ClN2S. The van der Waals surface area contributed by atoms with Crippen LogP contribution in [0, 0.1) is 0 Å². The maximum atomic E-state index is 6.10. The van der Waals surface area contributed by atoms with E-state index in [2.05, 4.69) is 29.4 Å². The molecule has 0 amide bonds. The van der Waals surface area contributed by atoms with Crippen molar-refractivity contribution in [1.29, 1.82) is 0 Å². The molecule has 0 aliphatic rings. The second-order valence-electron chi connectivity index (χ2n) is 4.11. The van der Waals surface area contributed by atoms with Crippen LogP contribution in [-0.2, 0) is 12.1 Å². The SMILES string of the molecule is CC(CCl)(NCc1nccs1)c1ccccc1. The molecule has 0 radical (unpaired) electrons. The van der Waals surface area contributed by atoms with Crippen molar-refractivity contribution in [1.82, 2.24) is 10.3 Å². The van der Waals surface area contributed by atoms with E-state index < -0.39 is 0 Å². The van der Waals surface area contributed by atoms with E-state index in [1.54, 1.807) is 11.3 Å². The normalized spacial score (nSPS) is 14.5. The minimum absolute atomic E-state index is 0.214. The summed E-state index contributed by atoms with van der Waals surface area (Å²) in [6, 6.07) is 10.3. The van der Waals surface area contributed by atoms with E-state index in [9.17, 15) is 0 Å². The van der Waals surface area contributed by atoms with Crippen molar-refractivity contribution in [3.05, 3.63) is 52.5 Å². The Kier molecular flexibility index (Phi) is 4.15. The van der Waals surface area contributed by atoms with Crippen LogP contribution in [0.5, 0.6) is 0 Å². The van der Waals surface area contributed by atoms with Crippen LogP contribution < -0.4 is 5.32 Å². The summed E-state index contributed by atoms with van der Waals surface area (Å²) >= 11 is 7.76. The molecule has 90 valence electrons. The van der Waals surface area contributed by atoms with E-state index in [0.717, 1.165) is 11.6 Å². The van der Waals surface area contributed by atoms with Gasteiger partial charge in [0.1, 0.15) is 5.01 Å². The fraction of sp³-hybridized carbons (Fsp3) is 0.308. The van der Waals surface area contributed by atoms with Crippen molar-refractivity contribution in [2.24, 2.45) is 0 Å². The predicted molar refractivity (Wildman–Crippen MR) is 73.5 cm³/mol. The first-order chi connectivity index (χ1) is 8.24. The summed E-state index contributed by atoms with van der Waals surface area (Å²) in [4.78, 5) is 4.26. The number of rotatable bonds is 5. The van der Waals surface area contributed by atoms with Gasteiger partial charge in [0.25, 0.3) is 0 Å². The van der Waals surface area contributed by atoms with Crippen LogP contribution in [-0.4, -0.2) is 10.9 Å². The molecular weight excluding hydrogens is 252 g/mol. The fourth-order valence-electron chi connectivity index (χ4n) is 1.64. The van der Waals surface area contributed by atoms with Crippen LogP contribution in [0.15, 0.2) is 41.9 Å². The number of hydrogen-bond donors (Lipinski definition) is 1. The van der Waals surface area contributed by atoms with Gasteiger partial charge in [-0.15, -0.1) is 22.9 Å². The zero-order valence-electron chi connectivity index (χ0n) is 9.69. The van der Waals surface area contributed by atoms with Crippen molar-refractivity contribution in [3.63, 3.8) is 0 Å². The first-order valence-corrected chi connectivity index (χ1v) is 6.91. The molecule has 4 heteroatoms. The van der Waals surface area contributed by atoms with Crippen molar-refractivity contribution >= 4 is 22.9 Å². The van der Waals surface area contributed by atoms with Gasteiger partial charge in [-0.2, -0.15) is 0 Å². The Labute approximate surface area is 111 Å².